The van der Waals surface area contributed by atoms with Gasteiger partial charge in [0.15, 0.2) is 0 Å². The van der Waals surface area contributed by atoms with Gasteiger partial charge in [-0.2, -0.15) is 0 Å². The summed E-state index contributed by atoms with van der Waals surface area (Å²) in [5, 5.41) is 0. The minimum atomic E-state index is 0.00692. The molecule has 1 atom stereocenters. The van der Waals surface area contributed by atoms with E-state index in [4.69, 9.17) is 4.74 Å². The van der Waals surface area contributed by atoms with E-state index in [0.717, 1.165) is 17.3 Å². The first-order chi connectivity index (χ1) is 10.6. The van der Waals surface area contributed by atoms with Crippen LogP contribution in [0, 0.1) is 0 Å². The van der Waals surface area contributed by atoms with E-state index in [2.05, 4.69) is 34.1 Å². The van der Waals surface area contributed by atoms with Gasteiger partial charge in [-0.1, -0.05) is 24.3 Å². The van der Waals surface area contributed by atoms with E-state index >= 15 is 0 Å². The molecule has 0 saturated carbocycles. The lowest BCUT2D eigenvalue weighted by Gasteiger charge is -2.26. The number of amides is 1. The van der Waals surface area contributed by atoms with Gasteiger partial charge < -0.3 is 9.64 Å². The van der Waals surface area contributed by atoms with Crippen LogP contribution in [0.5, 0.6) is 5.75 Å². The Morgan fingerprint density at radius 3 is 2.82 bits per heavy atom. The van der Waals surface area contributed by atoms with Crippen molar-refractivity contribution in [3.8, 4) is 5.75 Å². The van der Waals surface area contributed by atoms with E-state index in [9.17, 15) is 4.79 Å². The van der Waals surface area contributed by atoms with Crippen LogP contribution in [0.1, 0.15) is 33.9 Å². The van der Waals surface area contributed by atoms with Crippen molar-refractivity contribution < 1.29 is 9.53 Å². The van der Waals surface area contributed by atoms with Crippen LogP contribution in [0.4, 0.5) is 0 Å². The van der Waals surface area contributed by atoms with Crippen LogP contribution in [-0.4, -0.2) is 25.0 Å². The Morgan fingerprint density at radius 1 is 1.27 bits per heavy atom. The predicted octanol–water partition coefficient (Wildman–Crippen LogP) is 4.22. The van der Waals surface area contributed by atoms with E-state index in [0.29, 0.717) is 11.3 Å². The lowest BCUT2D eigenvalue weighted by molar-refractivity contribution is 0.0729. The summed E-state index contributed by atoms with van der Waals surface area (Å²) < 4.78 is 6.02. The molecule has 2 aromatic rings. The number of nitrogens with zero attached hydrogens (tertiary/aromatic N) is 1. The summed E-state index contributed by atoms with van der Waals surface area (Å²) in [5.74, 6) is 0.694. The monoisotopic (exact) mass is 359 g/mol. The molecule has 0 N–H and O–H groups in total. The van der Waals surface area contributed by atoms with Gasteiger partial charge in [-0.15, -0.1) is 0 Å². The summed E-state index contributed by atoms with van der Waals surface area (Å²) in [4.78, 5) is 14.7. The smallest absolute Gasteiger partial charge is 0.255 e. The fourth-order valence-corrected chi connectivity index (χ4v) is 3.48. The van der Waals surface area contributed by atoms with Gasteiger partial charge in [0, 0.05) is 11.5 Å². The highest BCUT2D eigenvalue weighted by atomic mass is 79.9. The number of hydrogen-bond acceptors (Lipinski definition) is 2. The SMILES string of the molecule is COc1ccc(Br)c(C(=O)N(C)C2CCc3ccccc32)c1. The van der Waals surface area contributed by atoms with Gasteiger partial charge in [-0.05, 0) is 58.1 Å². The van der Waals surface area contributed by atoms with E-state index in [1.54, 1.807) is 13.2 Å². The number of halogens is 1. The molecule has 0 bridgehead atoms. The maximum absolute atomic E-state index is 12.9. The summed E-state index contributed by atoms with van der Waals surface area (Å²) >= 11 is 3.47. The molecule has 0 fully saturated rings. The van der Waals surface area contributed by atoms with Crippen LogP contribution >= 0.6 is 15.9 Å². The molecule has 0 heterocycles. The van der Waals surface area contributed by atoms with Crippen molar-refractivity contribution in [2.24, 2.45) is 0 Å². The van der Waals surface area contributed by atoms with Crippen molar-refractivity contribution in [3.63, 3.8) is 0 Å². The zero-order valence-corrected chi connectivity index (χ0v) is 14.3. The molecule has 22 heavy (non-hydrogen) atoms. The topological polar surface area (TPSA) is 29.5 Å². The van der Waals surface area contributed by atoms with Gasteiger partial charge in [0.05, 0.1) is 18.7 Å². The molecule has 1 amide bonds. The van der Waals surface area contributed by atoms with Crippen molar-refractivity contribution in [1.29, 1.82) is 0 Å². The summed E-state index contributed by atoms with van der Waals surface area (Å²) in [5.41, 5.74) is 3.24. The highest BCUT2D eigenvalue weighted by Gasteiger charge is 2.29. The Bertz CT molecular complexity index is 714. The first-order valence-electron chi connectivity index (χ1n) is 7.30. The first kappa shape index (κ1) is 15.1. The van der Waals surface area contributed by atoms with Crippen LogP contribution in [-0.2, 0) is 6.42 Å². The standard InChI is InChI=1S/C18H18BrNO2/c1-20(17-10-7-12-5-3-4-6-14(12)17)18(21)15-11-13(22-2)8-9-16(15)19/h3-6,8-9,11,17H,7,10H2,1-2H3. The van der Waals surface area contributed by atoms with Gasteiger partial charge in [0.1, 0.15) is 5.75 Å². The van der Waals surface area contributed by atoms with Gasteiger partial charge in [-0.25, -0.2) is 0 Å². The van der Waals surface area contributed by atoms with Crippen LogP contribution in [0.15, 0.2) is 46.9 Å². The van der Waals surface area contributed by atoms with Crippen LogP contribution < -0.4 is 4.74 Å². The molecule has 0 spiro atoms. The van der Waals surface area contributed by atoms with Gasteiger partial charge in [-0.3, -0.25) is 4.79 Å². The van der Waals surface area contributed by atoms with Crippen molar-refractivity contribution in [3.05, 3.63) is 63.6 Å². The minimum Gasteiger partial charge on any atom is -0.497 e. The summed E-state index contributed by atoms with van der Waals surface area (Å²) in [7, 11) is 3.48. The number of hydrogen-bond donors (Lipinski definition) is 0. The highest BCUT2D eigenvalue weighted by Crippen LogP contribution is 2.36. The summed E-state index contributed by atoms with van der Waals surface area (Å²) in [6, 6.07) is 14.0. The summed E-state index contributed by atoms with van der Waals surface area (Å²) in [6.07, 6.45) is 2.00. The number of methoxy groups -OCH3 is 1. The Morgan fingerprint density at radius 2 is 2.05 bits per heavy atom. The van der Waals surface area contributed by atoms with Crippen molar-refractivity contribution in [2.75, 3.05) is 14.2 Å². The van der Waals surface area contributed by atoms with E-state index in [1.807, 2.05) is 30.1 Å². The molecule has 0 saturated heterocycles. The Kier molecular flexibility index (Phi) is 4.21. The van der Waals surface area contributed by atoms with Crippen molar-refractivity contribution in [1.82, 2.24) is 4.90 Å². The third kappa shape index (κ3) is 2.63. The number of ether oxygens (including phenoxy) is 1. The average Bonchev–Trinajstić information content (AvgIpc) is 2.98. The zero-order chi connectivity index (χ0) is 15.7. The maximum atomic E-state index is 12.9. The maximum Gasteiger partial charge on any atom is 0.255 e. The van der Waals surface area contributed by atoms with Crippen LogP contribution in [0.2, 0.25) is 0 Å². The average molecular weight is 360 g/mol. The molecule has 4 heteroatoms. The predicted molar refractivity (Wildman–Crippen MR) is 90.3 cm³/mol. The normalized spacial score (nSPS) is 16.2. The third-order valence-electron chi connectivity index (χ3n) is 4.29. The molecule has 114 valence electrons. The molecule has 0 aromatic heterocycles. The molecule has 1 aliphatic carbocycles. The van der Waals surface area contributed by atoms with Crippen LogP contribution in [0.3, 0.4) is 0 Å². The number of carbonyl (C=O) groups is 1. The molecular weight excluding hydrogens is 342 g/mol. The number of rotatable bonds is 3. The van der Waals surface area contributed by atoms with E-state index < -0.39 is 0 Å². The molecule has 3 rings (SSSR count). The fourth-order valence-electron chi connectivity index (χ4n) is 3.06. The second kappa shape index (κ2) is 6.13. The van der Waals surface area contributed by atoms with Crippen molar-refractivity contribution >= 4 is 21.8 Å². The lowest BCUT2D eigenvalue weighted by atomic mass is 10.1. The lowest BCUT2D eigenvalue weighted by Crippen LogP contribution is -2.30. The molecule has 0 radical (unpaired) electrons. The number of fused-ring (bicyclic) bond motifs is 1. The quantitative estimate of drug-likeness (QED) is 0.820. The number of aryl methyl sites for hydroxylation is 1. The Balaban J connectivity index is 1.90. The van der Waals surface area contributed by atoms with E-state index in [1.165, 1.54) is 11.1 Å². The van der Waals surface area contributed by atoms with Gasteiger partial charge in [0.25, 0.3) is 5.91 Å². The first-order valence-corrected chi connectivity index (χ1v) is 8.09. The van der Waals surface area contributed by atoms with E-state index in [-0.39, 0.29) is 11.9 Å². The number of carbonyl (C=O) groups excluding carboxylic acids is 1. The largest absolute Gasteiger partial charge is 0.497 e. The number of benzene rings is 2. The molecule has 1 aliphatic rings. The van der Waals surface area contributed by atoms with Gasteiger partial charge >= 0.3 is 0 Å². The molecule has 2 aromatic carbocycles. The second-order valence-electron chi connectivity index (χ2n) is 5.52. The minimum absolute atomic E-state index is 0.00692. The molecular formula is C18H18BrNO2. The van der Waals surface area contributed by atoms with Crippen molar-refractivity contribution in [2.45, 2.75) is 18.9 Å². The fraction of sp³-hybridized carbons (Fsp3) is 0.278. The Labute approximate surface area is 139 Å². The van der Waals surface area contributed by atoms with Gasteiger partial charge in [0.2, 0.25) is 0 Å². The summed E-state index contributed by atoms with van der Waals surface area (Å²) in [6.45, 7) is 0. The molecule has 3 nitrogen and oxygen atoms in total. The molecule has 0 aliphatic heterocycles. The molecule has 1 unspecified atom stereocenters. The zero-order valence-electron chi connectivity index (χ0n) is 12.7. The highest BCUT2D eigenvalue weighted by molar-refractivity contribution is 9.10. The van der Waals surface area contributed by atoms with Crippen LogP contribution in [0.25, 0.3) is 0 Å². The Hall–Kier alpha value is -1.81. The third-order valence-corrected chi connectivity index (χ3v) is 4.98. The second-order valence-corrected chi connectivity index (χ2v) is 6.37.